The molecule has 3 saturated carbocycles. The summed E-state index contributed by atoms with van der Waals surface area (Å²) < 4.78 is 6.93. The van der Waals surface area contributed by atoms with Crippen LogP contribution in [0.3, 0.4) is 0 Å². The van der Waals surface area contributed by atoms with Crippen LogP contribution in [0.2, 0.25) is 18.1 Å². The third-order valence-corrected chi connectivity index (χ3v) is 16.6. The summed E-state index contributed by atoms with van der Waals surface area (Å²) in [7, 11) is -1.72. The van der Waals surface area contributed by atoms with Crippen LogP contribution in [0.15, 0.2) is 23.8 Å². The average Bonchev–Trinajstić information content (AvgIpc) is 3.09. The van der Waals surface area contributed by atoms with Gasteiger partial charge in [-0.3, -0.25) is 0 Å². The number of fused-ring (bicyclic) bond motifs is 5. The first kappa shape index (κ1) is 28.6. The number of rotatable bonds is 6. The molecule has 0 saturated heterocycles. The zero-order chi connectivity index (χ0) is 26.7. The molecule has 0 bridgehead atoms. The first-order valence-corrected chi connectivity index (χ1v) is 18.2. The van der Waals surface area contributed by atoms with Gasteiger partial charge in [-0.05, 0) is 130 Å². The van der Waals surface area contributed by atoms with E-state index in [0.29, 0.717) is 22.9 Å². The maximum absolute atomic E-state index is 10.1. The zero-order valence-corrected chi connectivity index (χ0v) is 26.4. The van der Waals surface area contributed by atoms with Crippen LogP contribution < -0.4 is 0 Å². The lowest BCUT2D eigenvalue weighted by Gasteiger charge is -2.59. The van der Waals surface area contributed by atoms with Gasteiger partial charge in [-0.25, -0.2) is 0 Å². The highest BCUT2D eigenvalue weighted by molar-refractivity contribution is 6.74. The minimum Gasteiger partial charge on any atom is -0.414 e. The molecule has 206 valence electrons. The summed E-state index contributed by atoms with van der Waals surface area (Å²) in [6.07, 6.45) is 19.2. The largest absolute Gasteiger partial charge is 0.414 e. The van der Waals surface area contributed by atoms with Crippen LogP contribution in [0.4, 0.5) is 0 Å². The van der Waals surface area contributed by atoms with Crippen LogP contribution in [0, 0.1) is 40.4 Å². The molecule has 3 fully saturated rings. The van der Waals surface area contributed by atoms with Crippen molar-refractivity contribution in [2.75, 3.05) is 0 Å². The summed E-state index contributed by atoms with van der Waals surface area (Å²) in [5, 5.41) is 10.4. The van der Waals surface area contributed by atoms with Gasteiger partial charge in [0.05, 0.1) is 5.60 Å². The van der Waals surface area contributed by atoms with Crippen LogP contribution in [0.1, 0.15) is 113 Å². The Morgan fingerprint density at radius 2 is 1.75 bits per heavy atom. The lowest BCUT2D eigenvalue weighted by atomic mass is 9.47. The molecule has 0 aromatic carbocycles. The maximum Gasteiger partial charge on any atom is 0.192 e. The molecule has 0 heterocycles. The summed E-state index contributed by atoms with van der Waals surface area (Å²) in [6.45, 7) is 23.5. The van der Waals surface area contributed by atoms with Gasteiger partial charge in [0.25, 0.3) is 0 Å². The van der Waals surface area contributed by atoms with Crippen LogP contribution in [-0.4, -0.2) is 25.1 Å². The van der Waals surface area contributed by atoms with Gasteiger partial charge in [0.15, 0.2) is 8.32 Å². The van der Waals surface area contributed by atoms with Crippen LogP contribution >= 0.6 is 0 Å². The summed E-state index contributed by atoms with van der Waals surface area (Å²) in [5.41, 5.74) is 2.02. The van der Waals surface area contributed by atoms with Crippen molar-refractivity contribution in [3.05, 3.63) is 23.8 Å². The molecule has 0 aliphatic heterocycles. The monoisotopic (exact) mass is 514 g/mol. The van der Waals surface area contributed by atoms with Crippen molar-refractivity contribution >= 4 is 8.32 Å². The van der Waals surface area contributed by atoms with E-state index in [1.165, 1.54) is 51.4 Å². The summed E-state index contributed by atoms with van der Waals surface area (Å²) in [6, 6.07) is 0. The molecule has 1 N–H and O–H groups in total. The minimum absolute atomic E-state index is 0.285. The predicted molar refractivity (Wildman–Crippen MR) is 156 cm³/mol. The van der Waals surface area contributed by atoms with Gasteiger partial charge >= 0.3 is 0 Å². The van der Waals surface area contributed by atoms with Crippen LogP contribution in [0.5, 0.6) is 0 Å². The van der Waals surface area contributed by atoms with Gasteiger partial charge in [0.2, 0.25) is 0 Å². The topological polar surface area (TPSA) is 29.5 Å². The second-order valence-corrected chi connectivity index (χ2v) is 20.8. The molecule has 2 nitrogen and oxygen atoms in total. The fourth-order valence-electron chi connectivity index (χ4n) is 8.93. The van der Waals surface area contributed by atoms with Gasteiger partial charge in [-0.15, -0.1) is 0 Å². The van der Waals surface area contributed by atoms with Gasteiger partial charge in [-0.1, -0.05) is 65.3 Å². The third kappa shape index (κ3) is 5.24. The van der Waals surface area contributed by atoms with Gasteiger partial charge in [0, 0.05) is 6.10 Å². The summed E-state index contributed by atoms with van der Waals surface area (Å²) >= 11 is 0. The van der Waals surface area contributed by atoms with Gasteiger partial charge in [-0.2, -0.15) is 0 Å². The van der Waals surface area contributed by atoms with E-state index >= 15 is 0 Å². The molecular formula is C33H58O2Si. The highest BCUT2D eigenvalue weighted by Crippen LogP contribution is 2.67. The molecule has 1 unspecified atom stereocenters. The number of allylic oxidation sites excluding steroid dienone is 2. The quantitative estimate of drug-likeness (QED) is 0.282. The van der Waals surface area contributed by atoms with E-state index in [-0.39, 0.29) is 5.04 Å². The second-order valence-electron chi connectivity index (χ2n) is 16.0. The average molecular weight is 515 g/mol. The highest BCUT2D eigenvalue weighted by atomic mass is 28.4. The molecule has 8 atom stereocenters. The van der Waals surface area contributed by atoms with Crippen LogP contribution in [0.25, 0.3) is 0 Å². The molecule has 4 aliphatic carbocycles. The van der Waals surface area contributed by atoms with E-state index in [2.05, 4.69) is 72.9 Å². The first-order chi connectivity index (χ1) is 16.5. The SMILES string of the molecule is C[C@H](C=CCC(C)(C)O)[C@H]1CC[C@H]2[C@@H]3CC=C4CC(O[Si](C)(C)C(C)(C)C)CC[C@]4(C)[C@H]3CC[C@]12C. The molecular weight excluding hydrogens is 456 g/mol. The Labute approximate surface area is 224 Å². The lowest BCUT2D eigenvalue weighted by Crippen LogP contribution is -2.52. The molecule has 0 aromatic heterocycles. The fraction of sp³-hybridized carbons (Fsp3) is 0.879. The molecule has 0 aromatic rings. The lowest BCUT2D eigenvalue weighted by molar-refractivity contribution is -0.0532. The normalized spacial score (nSPS) is 40.4. The Morgan fingerprint density at radius 3 is 2.39 bits per heavy atom. The maximum atomic E-state index is 10.1. The molecule has 4 rings (SSSR count). The standard InChI is InChI=1S/C33H58O2Si/c1-23(12-11-19-31(5,6)34)27-15-16-28-26-14-13-24-22-25(35-36(9,10)30(2,3)4)17-20-32(24,7)29(26)18-21-33(27,28)8/h11-13,23,25-29,34H,14-22H2,1-10H3/t23-,25?,26+,27-,28+,29+,32+,33-/m1/s1. The molecule has 36 heavy (non-hydrogen) atoms. The Balaban J connectivity index is 1.47. The Hall–Kier alpha value is -0.383. The fourth-order valence-corrected chi connectivity index (χ4v) is 10.3. The number of hydrogen-bond acceptors (Lipinski definition) is 2. The molecule has 0 amide bonds. The van der Waals surface area contributed by atoms with E-state index in [1.807, 2.05) is 13.8 Å². The first-order valence-electron chi connectivity index (χ1n) is 15.2. The highest BCUT2D eigenvalue weighted by Gasteiger charge is 2.59. The van der Waals surface area contributed by atoms with Crippen molar-refractivity contribution in [1.82, 2.24) is 0 Å². The Kier molecular flexibility index (Phi) is 7.68. The molecule has 3 heteroatoms. The smallest absolute Gasteiger partial charge is 0.192 e. The van der Waals surface area contributed by atoms with Crippen molar-refractivity contribution in [3.8, 4) is 0 Å². The summed E-state index contributed by atoms with van der Waals surface area (Å²) in [5.74, 6) is 4.00. The van der Waals surface area contributed by atoms with Crippen molar-refractivity contribution in [1.29, 1.82) is 0 Å². The number of aliphatic hydroxyl groups is 1. The molecule has 4 aliphatic rings. The zero-order valence-electron chi connectivity index (χ0n) is 25.4. The van der Waals surface area contributed by atoms with Gasteiger partial charge < -0.3 is 9.53 Å². The second kappa shape index (κ2) is 9.67. The van der Waals surface area contributed by atoms with Crippen molar-refractivity contribution in [2.24, 2.45) is 40.4 Å². The summed E-state index contributed by atoms with van der Waals surface area (Å²) in [4.78, 5) is 0. The van der Waals surface area contributed by atoms with Crippen molar-refractivity contribution in [2.45, 2.75) is 143 Å². The van der Waals surface area contributed by atoms with Gasteiger partial charge in [0.1, 0.15) is 0 Å². The van der Waals surface area contributed by atoms with Crippen LogP contribution in [-0.2, 0) is 4.43 Å². The predicted octanol–water partition coefficient (Wildman–Crippen LogP) is 9.31. The minimum atomic E-state index is -1.72. The van der Waals surface area contributed by atoms with E-state index in [0.717, 1.165) is 30.1 Å². The van der Waals surface area contributed by atoms with E-state index in [1.54, 1.807) is 5.57 Å². The Morgan fingerprint density at radius 1 is 1.06 bits per heavy atom. The molecule has 0 spiro atoms. The van der Waals surface area contributed by atoms with Crippen molar-refractivity contribution in [3.63, 3.8) is 0 Å². The Bertz CT molecular complexity index is 858. The van der Waals surface area contributed by atoms with E-state index in [9.17, 15) is 5.11 Å². The van der Waals surface area contributed by atoms with E-state index in [4.69, 9.17) is 4.43 Å². The van der Waals surface area contributed by atoms with Crippen molar-refractivity contribution < 1.29 is 9.53 Å². The molecule has 0 radical (unpaired) electrons. The number of hydrogen-bond donors (Lipinski definition) is 1. The van der Waals surface area contributed by atoms with E-state index < -0.39 is 13.9 Å². The third-order valence-electron chi connectivity index (χ3n) is 12.1.